The average Bonchev–Trinajstić information content (AvgIpc) is 2.55. The Morgan fingerprint density at radius 2 is 1.17 bits per heavy atom. The van der Waals surface area contributed by atoms with E-state index < -0.39 is 0 Å². The van der Waals surface area contributed by atoms with Gasteiger partial charge >= 0.3 is 12.1 Å². The number of rotatable bonds is 8. The standard InChI is InChI=1S/C18H36N4O2/c1-7-21(8-2)16(23)19-12-14-11-15(18(14,5)6)13-20-17(24)22(9-3)10-4/h14-15H,7-13H2,1-6H3,(H,19,23)(H,20,24). The van der Waals surface area contributed by atoms with Crippen LogP contribution in [-0.2, 0) is 0 Å². The smallest absolute Gasteiger partial charge is 0.317 e. The summed E-state index contributed by atoms with van der Waals surface area (Å²) < 4.78 is 0. The number of urea groups is 2. The van der Waals surface area contributed by atoms with Gasteiger partial charge in [-0.05, 0) is 51.4 Å². The Morgan fingerprint density at radius 1 is 0.833 bits per heavy atom. The fraction of sp³-hybridized carbons (Fsp3) is 0.889. The molecule has 1 fully saturated rings. The summed E-state index contributed by atoms with van der Waals surface area (Å²) in [5, 5.41) is 6.11. The summed E-state index contributed by atoms with van der Waals surface area (Å²) in [6, 6.07) is 0.0446. The van der Waals surface area contributed by atoms with Crippen molar-refractivity contribution < 1.29 is 9.59 Å². The predicted molar refractivity (Wildman–Crippen MR) is 98.0 cm³/mol. The van der Waals surface area contributed by atoms with E-state index in [0.29, 0.717) is 24.9 Å². The van der Waals surface area contributed by atoms with Crippen molar-refractivity contribution in [3.05, 3.63) is 0 Å². The van der Waals surface area contributed by atoms with Crippen LogP contribution in [0, 0.1) is 17.3 Å². The molecule has 2 N–H and O–H groups in total. The minimum atomic E-state index is 0.0223. The van der Waals surface area contributed by atoms with Crippen LogP contribution < -0.4 is 10.6 Å². The molecule has 0 radical (unpaired) electrons. The first-order chi connectivity index (χ1) is 11.3. The molecule has 0 saturated heterocycles. The molecule has 1 aliphatic carbocycles. The Hall–Kier alpha value is -1.46. The molecule has 0 aromatic carbocycles. The van der Waals surface area contributed by atoms with Crippen molar-refractivity contribution in [2.45, 2.75) is 48.0 Å². The second-order valence-electron chi connectivity index (χ2n) is 7.17. The zero-order valence-corrected chi connectivity index (χ0v) is 16.3. The Bertz CT molecular complexity index is 381. The van der Waals surface area contributed by atoms with Gasteiger partial charge in [-0.1, -0.05) is 13.8 Å². The lowest BCUT2D eigenvalue weighted by atomic mass is 9.54. The molecule has 6 nitrogen and oxygen atoms in total. The third-order valence-electron chi connectivity index (χ3n) is 5.77. The highest BCUT2D eigenvalue weighted by Gasteiger charge is 2.47. The molecule has 0 aromatic rings. The van der Waals surface area contributed by atoms with E-state index in [2.05, 4.69) is 24.5 Å². The van der Waals surface area contributed by atoms with Crippen molar-refractivity contribution in [3.63, 3.8) is 0 Å². The van der Waals surface area contributed by atoms with Gasteiger partial charge in [0.2, 0.25) is 0 Å². The number of nitrogens with zero attached hydrogens (tertiary/aromatic N) is 2. The molecular weight excluding hydrogens is 304 g/mol. The van der Waals surface area contributed by atoms with Crippen LogP contribution in [0.1, 0.15) is 48.0 Å². The molecule has 0 aromatic heterocycles. The van der Waals surface area contributed by atoms with Crippen LogP contribution in [0.15, 0.2) is 0 Å². The van der Waals surface area contributed by atoms with Gasteiger partial charge in [0, 0.05) is 39.3 Å². The summed E-state index contributed by atoms with van der Waals surface area (Å²) in [4.78, 5) is 27.7. The van der Waals surface area contributed by atoms with E-state index in [0.717, 1.165) is 32.6 Å². The fourth-order valence-electron chi connectivity index (χ4n) is 3.48. The number of hydrogen-bond acceptors (Lipinski definition) is 2. The topological polar surface area (TPSA) is 64.7 Å². The Balaban J connectivity index is 2.39. The van der Waals surface area contributed by atoms with Crippen molar-refractivity contribution in [1.29, 1.82) is 0 Å². The molecule has 6 heteroatoms. The first-order valence-corrected chi connectivity index (χ1v) is 9.37. The molecule has 2 atom stereocenters. The van der Waals surface area contributed by atoms with E-state index in [1.807, 2.05) is 27.7 Å². The molecule has 0 bridgehead atoms. The van der Waals surface area contributed by atoms with Crippen molar-refractivity contribution in [2.75, 3.05) is 39.3 Å². The molecule has 0 aliphatic heterocycles. The summed E-state index contributed by atoms with van der Waals surface area (Å²) in [5.74, 6) is 0.930. The Morgan fingerprint density at radius 3 is 1.42 bits per heavy atom. The number of nitrogens with one attached hydrogen (secondary N) is 2. The first-order valence-electron chi connectivity index (χ1n) is 9.37. The lowest BCUT2D eigenvalue weighted by molar-refractivity contribution is -0.0157. The third kappa shape index (κ3) is 4.77. The minimum absolute atomic E-state index is 0.0223. The summed E-state index contributed by atoms with van der Waals surface area (Å²) in [6.07, 6.45) is 1.05. The van der Waals surface area contributed by atoms with Crippen molar-refractivity contribution >= 4 is 12.1 Å². The normalized spacial score (nSPS) is 21.6. The Kier molecular flexibility index (Phi) is 7.84. The minimum Gasteiger partial charge on any atom is -0.338 e. The third-order valence-corrected chi connectivity index (χ3v) is 5.77. The molecule has 4 amide bonds. The molecule has 24 heavy (non-hydrogen) atoms. The van der Waals surface area contributed by atoms with Gasteiger partial charge in [0.1, 0.15) is 0 Å². The van der Waals surface area contributed by atoms with Crippen LogP contribution in [0.4, 0.5) is 9.59 Å². The van der Waals surface area contributed by atoms with E-state index in [-0.39, 0.29) is 17.5 Å². The van der Waals surface area contributed by atoms with Crippen LogP contribution >= 0.6 is 0 Å². The van der Waals surface area contributed by atoms with Crippen LogP contribution in [-0.4, -0.2) is 61.1 Å². The van der Waals surface area contributed by atoms with Gasteiger partial charge in [0.25, 0.3) is 0 Å². The van der Waals surface area contributed by atoms with Crippen molar-refractivity contribution in [3.8, 4) is 0 Å². The van der Waals surface area contributed by atoms with Crippen molar-refractivity contribution in [1.82, 2.24) is 20.4 Å². The molecule has 1 aliphatic rings. The zero-order chi connectivity index (χ0) is 18.3. The van der Waals surface area contributed by atoms with Gasteiger partial charge in [-0.2, -0.15) is 0 Å². The lowest BCUT2D eigenvalue weighted by Crippen LogP contribution is -2.55. The fourth-order valence-corrected chi connectivity index (χ4v) is 3.48. The summed E-state index contributed by atoms with van der Waals surface area (Å²) in [5.41, 5.74) is 0.132. The van der Waals surface area contributed by atoms with Crippen LogP contribution in [0.25, 0.3) is 0 Å². The summed E-state index contributed by atoms with van der Waals surface area (Å²) >= 11 is 0. The molecule has 2 unspecified atom stereocenters. The zero-order valence-electron chi connectivity index (χ0n) is 16.3. The number of carbonyl (C=O) groups is 2. The van der Waals surface area contributed by atoms with E-state index in [9.17, 15) is 9.59 Å². The van der Waals surface area contributed by atoms with Gasteiger partial charge in [-0.3, -0.25) is 0 Å². The first kappa shape index (κ1) is 20.6. The molecule has 0 heterocycles. The van der Waals surface area contributed by atoms with E-state index in [1.54, 1.807) is 9.80 Å². The second kappa shape index (κ2) is 9.14. The highest BCUT2D eigenvalue weighted by atomic mass is 16.2. The monoisotopic (exact) mass is 340 g/mol. The van der Waals surface area contributed by atoms with Gasteiger partial charge in [-0.25, -0.2) is 9.59 Å². The van der Waals surface area contributed by atoms with Gasteiger partial charge < -0.3 is 20.4 Å². The molecule has 1 rings (SSSR count). The predicted octanol–water partition coefficient (Wildman–Crippen LogP) is 2.75. The van der Waals surface area contributed by atoms with Crippen LogP contribution in [0.5, 0.6) is 0 Å². The van der Waals surface area contributed by atoms with Crippen LogP contribution in [0.2, 0.25) is 0 Å². The molecular formula is C18H36N4O2. The lowest BCUT2D eigenvalue weighted by Gasteiger charge is -2.52. The van der Waals surface area contributed by atoms with E-state index in [4.69, 9.17) is 0 Å². The van der Waals surface area contributed by atoms with Crippen LogP contribution in [0.3, 0.4) is 0 Å². The molecule has 1 saturated carbocycles. The van der Waals surface area contributed by atoms with E-state index in [1.165, 1.54) is 0 Å². The van der Waals surface area contributed by atoms with Crippen molar-refractivity contribution in [2.24, 2.45) is 17.3 Å². The maximum absolute atomic E-state index is 12.1. The quantitative estimate of drug-likeness (QED) is 0.713. The number of hydrogen-bond donors (Lipinski definition) is 2. The van der Waals surface area contributed by atoms with Gasteiger partial charge in [-0.15, -0.1) is 0 Å². The number of carbonyl (C=O) groups excluding carboxylic acids is 2. The van der Waals surface area contributed by atoms with Gasteiger partial charge in [0.05, 0.1) is 0 Å². The maximum atomic E-state index is 12.1. The highest BCUT2D eigenvalue weighted by Crippen LogP contribution is 2.50. The second-order valence-corrected chi connectivity index (χ2v) is 7.17. The Labute approximate surface area is 147 Å². The van der Waals surface area contributed by atoms with Gasteiger partial charge in [0.15, 0.2) is 0 Å². The highest BCUT2D eigenvalue weighted by molar-refractivity contribution is 5.74. The maximum Gasteiger partial charge on any atom is 0.317 e. The molecule has 140 valence electrons. The SMILES string of the molecule is CCN(CC)C(=O)NCC1CC(CNC(=O)N(CC)CC)C1(C)C. The summed E-state index contributed by atoms with van der Waals surface area (Å²) in [7, 11) is 0. The average molecular weight is 341 g/mol. The van der Waals surface area contributed by atoms with E-state index >= 15 is 0 Å². The molecule has 0 spiro atoms. The summed E-state index contributed by atoms with van der Waals surface area (Å²) in [6.45, 7) is 16.8. The number of amides is 4. The largest absolute Gasteiger partial charge is 0.338 e.